The minimum absolute atomic E-state index is 0.392. The molecule has 0 aromatic heterocycles. The molecule has 0 aliphatic carbocycles. The summed E-state index contributed by atoms with van der Waals surface area (Å²) in [4.78, 5) is 25.7. The first-order valence-electron chi connectivity index (χ1n) is 9.07. The van der Waals surface area contributed by atoms with Gasteiger partial charge in [-0.15, -0.1) is 5.01 Å². The Bertz CT molecular complexity index is 920. The summed E-state index contributed by atoms with van der Waals surface area (Å²) in [7, 11) is 4.52. The number of ether oxygens (including phenoxy) is 3. The number of nitrogens with one attached hydrogen (secondary N) is 1. The van der Waals surface area contributed by atoms with Crippen LogP contribution in [0.4, 0.5) is 4.79 Å². The molecular weight excluding hydrogens is 374 g/mol. The molecule has 0 unspecified atom stereocenters. The summed E-state index contributed by atoms with van der Waals surface area (Å²) in [5.74, 6) is 0.961. The third-order valence-corrected chi connectivity index (χ3v) is 4.92. The lowest BCUT2D eigenvalue weighted by Crippen LogP contribution is -2.43. The first-order valence-corrected chi connectivity index (χ1v) is 9.07. The predicted molar refractivity (Wildman–Crippen MR) is 107 cm³/mol. The number of hydrazone groups is 1. The molecule has 3 rings (SSSR count). The Morgan fingerprint density at radius 1 is 1.03 bits per heavy atom. The number of imide groups is 1. The van der Waals surface area contributed by atoms with Crippen LogP contribution < -0.4 is 19.5 Å². The number of methoxy groups -OCH3 is 3. The molecule has 2 aromatic rings. The fourth-order valence-electron chi connectivity index (χ4n) is 3.30. The van der Waals surface area contributed by atoms with Crippen LogP contribution in [0.5, 0.6) is 17.2 Å². The zero-order valence-corrected chi connectivity index (χ0v) is 16.8. The molecule has 1 saturated heterocycles. The fourth-order valence-corrected chi connectivity index (χ4v) is 3.30. The summed E-state index contributed by atoms with van der Waals surface area (Å²) in [6, 6.07) is 11.9. The quantitative estimate of drug-likeness (QED) is 0.573. The smallest absolute Gasteiger partial charge is 0.346 e. The second-order valence-corrected chi connectivity index (χ2v) is 6.36. The molecule has 1 aliphatic heterocycles. The van der Waals surface area contributed by atoms with Gasteiger partial charge in [0.2, 0.25) is 0 Å². The molecule has 0 bridgehead atoms. The SMILES string of the molecule is CC[C@]1(c2ccccc2)NC(=O)N(N=Cc2c(OC)cc(OC)cc2OC)C1=O. The van der Waals surface area contributed by atoms with E-state index in [1.54, 1.807) is 12.1 Å². The zero-order valence-electron chi connectivity index (χ0n) is 16.8. The molecule has 0 radical (unpaired) electrons. The van der Waals surface area contributed by atoms with Gasteiger partial charge in [-0.05, 0) is 12.0 Å². The van der Waals surface area contributed by atoms with E-state index in [9.17, 15) is 9.59 Å². The highest BCUT2D eigenvalue weighted by atomic mass is 16.5. The number of benzene rings is 2. The summed E-state index contributed by atoms with van der Waals surface area (Å²) in [6.07, 6.45) is 1.76. The number of amides is 3. The van der Waals surface area contributed by atoms with Crippen LogP contribution in [-0.2, 0) is 10.3 Å². The Kier molecular flexibility index (Phi) is 5.72. The largest absolute Gasteiger partial charge is 0.496 e. The summed E-state index contributed by atoms with van der Waals surface area (Å²) < 4.78 is 16.0. The summed E-state index contributed by atoms with van der Waals surface area (Å²) >= 11 is 0. The van der Waals surface area contributed by atoms with E-state index in [2.05, 4.69) is 10.4 Å². The molecule has 0 saturated carbocycles. The van der Waals surface area contributed by atoms with Crippen LogP contribution in [0.3, 0.4) is 0 Å². The van der Waals surface area contributed by atoms with Gasteiger partial charge in [0.25, 0.3) is 5.91 Å². The maximum absolute atomic E-state index is 13.1. The van der Waals surface area contributed by atoms with Crippen molar-refractivity contribution < 1.29 is 23.8 Å². The van der Waals surface area contributed by atoms with Gasteiger partial charge in [0, 0.05) is 12.1 Å². The number of rotatable bonds is 7. The van der Waals surface area contributed by atoms with E-state index < -0.39 is 17.5 Å². The highest BCUT2D eigenvalue weighted by Crippen LogP contribution is 2.34. The van der Waals surface area contributed by atoms with Crippen molar-refractivity contribution >= 4 is 18.2 Å². The summed E-state index contributed by atoms with van der Waals surface area (Å²) in [6.45, 7) is 1.84. The molecule has 1 aliphatic rings. The third kappa shape index (κ3) is 3.49. The topological polar surface area (TPSA) is 89.5 Å². The molecule has 1 atom stereocenters. The molecule has 3 amide bonds. The van der Waals surface area contributed by atoms with Crippen LogP contribution in [0.25, 0.3) is 0 Å². The minimum Gasteiger partial charge on any atom is -0.496 e. The molecule has 1 N–H and O–H groups in total. The first-order chi connectivity index (χ1) is 14.0. The van der Waals surface area contributed by atoms with E-state index in [1.165, 1.54) is 27.5 Å². The number of hydrogen-bond acceptors (Lipinski definition) is 6. The number of carbonyl (C=O) groups is 2. The minimum atomic E-state index is -1.15. The van der Waals surface area contributed by atoms with Crippen LogP contribution >= 0.6 is 0 Å². The second kappa shape index (κ2) is 8.22. The van der Waals surface area contributed by atoms with E-state index in [4.69, 9.17) is 14.2 Å². The molecule has 152 valence electrons. The van der Waals surface area contributed by atoms with Crippen molar-refractivity contribution in [2.75, 3.05) is 21.3 Å². The van der Waals surface area contributed by atoms with Crippen LogP contribution in [-0.4, -0.2) is 44.5 Å². The highest BCUT2D eigenvalue weighted by molar-refractivity contribution is 6.08. The summed E-state index contributed by atoms with van der Waals surface area (Å²) in [5.41, 5.74) is 0.0345. The van der Waals surface area contributed by atoms with Gasteiger partial charge in [-0.1, -0.05) is 37.3 Å². The average Bonchev–Trinajstić information content (AvgIpc) is 3.02. The molecule has 29 heavy (non-hydrogen) atoms. The van der Waals surface area contributed by atoms with Crippen LogP contribution in [0.1, 0.15) is 24.5 Å². The number of hydrogen-bond donors (Lipinski definition) is 1. The zero-order chi connectivity index (χ0) is 21.0. The molecular formula is C21H23N3O5. The molecule has 8 heteroatoms. The van der Waals surface area contributed by atoms with Crippen molar-refractivity contribution in [2.24, 2.45) is 5.10 Å². The van der Waals surface area contributed by atoms with Gasteiger partial charge in [0.1, 0.15) is 22.8 Å². The molecule has 8 nitrogen and oxygen atoms in total. The average molecular weight is 397 g/mol. The van der Waals surface area contributed by atoms with Crippen molar-refractivity contribution in [1.29, 1.82) is 0 Å². The van der Waals surface area contributed by atoms with E-state index >= 15 is 0 Å². The van der Waals surface area contributed by atoms with Crippen molar-refractivity contribution in [3.63, 3.8) is 0 Å². The molecule has 2 aromatic carbocycles. The van der Waals surface area contributed by atoms with Crippen molar-refractivity contribution in [1.82, 2.24) is 10.3 Å². The van der Waals surface area contributed by atoms with Crippen molar-refractivity contribution in [3.8, 4) is 17.2 Å². The van der Waals surface area contributed by atoms with Gasteiger partial charge in [0.15, 0.2) is 0 Å². The standard InChI is InChI=1S/C21H23N3O5/c1-5-21(14-9-7-6-8-10-14)19(25)24(20(26)23-21)22-13-16-17(28-3)11-15(27-2)12-18(16)29-4/h6-13H,5H2,1-4H3,(H,23,26)/t21-/m1/s1. The van der Waals surface area contributed by atoms with Gasteiger partial charge in [0.05, 0.1) is 33.1 Å². The maximum atomic E-state index is 13.1. The molecule has 1 heterocycles. The lowest BCUT2D eigenvalue weighted by molar-refractivity contribution is -0.131. The summed E-state index contributed by atoms with van der Waals surface area (Å²) in [5, 5.41) is 7.76. The van der Waals surface area contributed by atoms with Gasteiger partial charge >= 0.3 is 6.03 Å². The predicted octanol–water partition coefficient (Wildman–Crippen LogP) is 2.90. The number of carbonyl (C=O) groups excluding carboxylic acids is 2. The van der Waals surface area contributed by atoms with Crippen LogP contribution in [0.15, 0.2) is 47.6 Å². The number of urea groups is 1. The van der Waals surface area contributed by atoms with E-state index in [0.717, 1.165) is 5.01 Å². The fraction of sp³-hybridized carbons (Fsp3) is 0.286. The van der Waals surface area contributed by atoms with Gasteiger partial charge in [-0.2, -0.15) is 5.10 Å². The van der Waals surface area contributed by atoms with Crippen molar-refractivity contribution in [2.45, 2.75) is 18.9 Å². The number of nitrogens with zero attached hydrogens (tertiary/aromatic N) is 2. The Morgan fingerprint density at radius 3 is 2.17 bits per heavy atom. The van der Waals surface area contributed by atoms with Crippen molar-refractivity contribution in [3.05, 3.63) is 53.6 Å². The van der Waals surface area contributed by atoms with E-state index in [0.29, 0.717) is 34.8 Å². The maximum Gasteiger partial charge on any atom is 0.346 e. The third-order valence-electron chi connectivity index (χ3n) is 4.92. The molecule has 0 spiro atoms. The first kappa shape index (κ1) is 20.2. The lowest BCUT2D eigenvalue weighted by Gasteiger charge is -2.24. The highest BCUT2D eigenvalue weighted by Gasteiger charge is 2.51. The van der Waals surface area contributed by atoms with E-state index in [-0.39, 0.29) is 0 Å². The Hall–Kier alpha value is -3.55. The normalized spacial score (nSPS) is 18.8. The van der Waals surface area contributed by atoms with E-state index in [1.807, 2.05) is 37.3 Å². The van der Waals surface area contributed by atoms with Crippen LogP contribution in [0, 0.1) is 0 Å². The second-order valence-electron chi connectivity index (χ2n) is 6.36. The Morgan fingerprint density at radius 2 is 1.66 bits per heavy atom. The van der Waals surface area contributed by atoms with Gasteiger partial charge < -0.3 is 19.5 Å². The monoisotopic (exact) mass is 397 g/mol. The molecule has 1 fully saturated rings. The Labute approximate surface area is 169 Å². The lowest BCUT2D eigenvalue weighted by atomic mass is 9.87. The van der Waals surface area contributed by atoms with Gasteiger partial charge in [-0.3, -0.25) is 4.79 Å². The Balaban J connectivity index is 1.98. The van der Waals surface area contributed by atoms with Crippen LogP contribution in [0.2, 0.25) is 0 Å². The van der Waals surface area contributed by atoms with Gasteiger partial charge in [-0.25, -0.2) is 4.79 Å².